The van der Waals surface area contributed by atoms with Crippen LogP contribution in [0.4, 0.5) is 5.69 Å². The van der Waals surface area contributed by atoms with Crippen LogP contribution in [-0.2, 0) is 11.3 Å². The Morgan fingerprint density at radius 1 is 1.17 bits per heavy atom. The Hall–Kier alpha value is -3.86. The summed E-state index contributed by atoms with van der Waals surface area (Å²) in [4.78, 5) is 20.6. The summed E-state index contributed by atoms with van der Waals surface area (Å²) in [7, 11) is 0. The number of ketones is 1. The minimum Gasteiger partial charge on any atom is -0.384 e. The van der Waals surface area contributed by atoms with Crippen LogP contribution in [0.15, 0.2) is 89.0 Å². The third-order valence-electron chi connectivity index (χ3n) is 6.84. The van der Waals surface area contributed by atoms with Crippen molar-refractivity contribution < 1.29 is 4.79 Å². The summed E-state index contributed by atoms with van der Waals surface area (Å²) in [6.45, 7) is 0.654. The molecule has 8 heteroatoms. The summed E-state index contributed by atoms with van der Waals surface area (Å²) >= 11 is 7.67. The lowest BCUT2D eigenvalue weighted by Gasteiger charge is -2.39. The maximum Gasteiger partial charge on any atom is 0.161 e. The van der Waals surface area contributed by atoms with Crippen molar-refractivity contribution in [1.29, 1.82) is 5.26 Å². The highest BCUT2D eigenvalue weighted by Gasteiger charge is 2.40. The second kappa shape index (κ2) is 8.98. The normalized spacial score (nSPS) is 18.1. The van der Waals surface area contributed by atoms with Crippen LogP contribution in [0.3, 0.4) is 0 Å². The maximum atomic E-state index is 13.3. The molecule has 0 unspecified atom stereocenters. The van der Waals surface area contributed by atoms with Crippen LogP contribution in [0, 0.1) is 11.3 Å². The molecular formula is C28H22ClN5OS. The van der Waals surface area contributed by atoms with E-state index in [4.69, 9.17) is 17.3 Å². The molecule has 0 saturated heterocycles. The molecule has 1 aliphatic carbocycles. The van der Waals surface area contributed by atoms with Gasteiger partial charge in [-0.15, -0.1) is 11.3 Å². The predicted molar refractivity (Wildman–Crippen MR) is 143 cm³/mol. The number of allylic oxidation sites excluding steroid dienone is 3. The lowest BCUT2D eigenvalue weighted by molar-refractivity contribution is -0.116. The summed E-state index contributed by atoms with van der Waals surface area (Å²) in [5.41, 5.74) is 12.5. The van der Waals surface area contributed by atoms with Gasteiger partial charge in [0.25, 0.3) is 0 Å². The van der Waals surface area contributed by atoms with Gasteiger partial charge < -0.3 is 10.3 Å². The fourth-order valence-electron chi connectivity index (χ4n) is 5.22. The Balaban J connectivity index is 1.43. The van der Waals surface area contributed by atoms with Crippen LogP contribution in [0.2, 0.25) is 5.02 Å². The molecule has 0 spiro atoms. The average Bonchev–Trinajstić information content (AvgIpc) is 3.52. The molecule has 178 valence electrons. The summed E-state index contributed by atoms with van der Waals surface area (Å²) in [6.07, 6.45) is 3.80. The van der Waals surface area contributed by atoms with Crippen molar-refractivity contribution in [3.8, 4) is 6.07 Å². The molecule has 6 nitrogen and oxygen atoms in total. The number of benzene rings is 2. The summed E-state index contributed by atoms with van der Waals surface area (Å²) in [6, 6.07) is 19.8. The molecule has 0 radical (unpaired) electrons. The number of carbonyl (C=O) groups is 1. The van der Waals surface area contributed by atoms with E-state index in [1.54, 1.807) is 23.5 Å². The largest absolute Gasteiger partial charge is 0.384 e. The van der Waals surface area contributed by atoms with E-state index in [1.165, 1.54) is 0 Å². The van der Waals surface area contributed by atoms with Crippen molar-refractivity contribution in [3.05, 3.63) is 104 Å². The van der Waals surface area contributed by atoms with Gasteiger partial charge in [0, 0.05) is 39.8 Å². The minimum absolute atomic E-state index is 0.0796. The van der Waals surface area contributed by atoms with Gasteiger partial charge in [0.05, 0.1) is 34.9 Å². The van der Waals surface area contributed by atoms with E-state index in [2.05, 4.69) is 33.1 Å². The quantitative estimate of drug-likeness (QED) is 0.357. The number of para-hydroxylation sites is 2. The topological polar surface area (TPSA) is 87.9 Å². The van der Waals surface area contributed by atoms with Crippen molar-refractivity contribution in [2.75, 3.05) is 4.90 Å². The van der Waals surface area contributed by atoms with Crippen molar-refractivity contribution in [2.45, 2.75) is 31.7 Å². The number of nitrogens with zero attached hydrogens (tertiary/aromatic N) is 4. The van der Waals surface area contributed by atoms with Crippen LogP contribution in [0.25, 0.3) is 11.0 Å². The molecule has 1 aliphatic heterocycles. The highest BCUT2D eigenvalue weighted by molar-refractivity contribution is 7.10. The molecule has 2 aromatic carbocycles. The van der Waals surface area contributed by atoms with Crippen molar-refractivity contribution in [1.82, 2.24) is 9.55 Å². The summed E-state index contributed by atoms with van der Waals surface area (Å²) in [5.74, 6) is -0.00975. The Labute approximate surface area is 217 Å². The van der Waals surface area contributed by atoms with Gasteiger partial charge in [-0.1, -0.05) is 23.7 Å². The van der Waals surface area contributed by atoms with E-state index in [-0.39, 0.29) is 5.78 Å². The van der Waals surface area contributed by atoms with E-state index >= 15 is 0 Å². The molecule has 6 rings (SSSR count). The zero-order valence-electron chi connectivity index (χ0n) is 19.3. The molecule has 0 fully saturated rings. The number of imidazole rings is 1. The highest BCUT2D eigenvalue weighted by Crippen LogP contribution is 2.47. The summed E-state index contributed by atoms with van der Waals surface area (Å²) < 4.78 is 2.11. The Morgan fingerprint density at radius 2 is 1.97 bits per heavy atom. The number of nitriles is 1. The zero-order valence-corrected chi connectivity index (χ0v) is 20.9. The number of hydrogen-bond donors (Lipinski definition) is 1. The number of Topliss-reactive ketones (excluding diaryl/α,β-unsaturated/α-hetero) is 1. The number of nitrogens with two attached hydrogens (primary N) is 1. The third-order valence-corrected chi connectivity index (χ3v) is 8.14. The standard InChI is InChI=1S/C28H22ClN5OS/c29-18-8-10-19(11-9-18)34-23-6-3-7-24(35)27(23)26(20(13-30)28(34)31)25-12-17(15-36-25)14-33-16-32-21-4-1-2-5-22(21)33/h1-2,4-5,8-12,15-16,26H,3,6-7,14,31H2/t26-/m1/s1. The number of thiophene rings is 1. The summed E-state index contributed by atoms with van der Waals surface area (Å²) in [5, 5.41) is 12.9. The Morgan fingerprint density at radius 3 is 2.78 bits per heavy atom. The maximum absolute atomic E-state index is 13.3. The van der Waals surface area contributed by atoms with Crippen LogP contribution in [0.5, 0.6) is 0 Å². The van der Waals surface area contributed by atoms with E-state index < -0.39 is 5.92 Å². The van der Waals surface area contributed by atoms with Crippen molar-refractivity contribution in [3.63, 3.8) is 0 Å². The third kappa shape index (κ3) is 3.70. The first-order chi connectivity index (χ1) is 17.5. The second-order valence-electron chi connectivity index (χ2n) is 9.01. The number of hydrogen-bond acceptors (Lipinski definition) is 6. The molecule has 2 aromatic heterocycles. The Bertz CT molecular complexity index is 1600. The molecule has 0 bridgehead atoms. The molecular weight excluding hydrogens is 490 g/mol. The second-order valence-corrected chi connectivity index (χ2v) is 10.4. The van der Waals surface area contributed by atoms with Crippen LogP contribution in [0.1, 0.15) is 35.6 Å². The fourth-order valence-corrected chi connectivity index (χ4v) is 6.37. The number of fused-ring (bicyclic) bond motifs is 1. The van der Waals surface area contributed by atoms with Crippen LogP contribution in [-0.4, -0.2) is 15.3 Å². The minimum atomic E-state index is -0.459. The molecule has 0 saturated carbocycles. The highest BCUT2D eigenvalue weighted by atomic mass is 35.5. The molecule has 2 aliphatic rings. The molecule has 4 aromatic rings. The van der Waals surface area contributed by atoms with E-state index in [0.717, 1.165) is 45.7 Å². The first kappa shape index (κ1) is 22.6. The van der Waals surface area contributed by atoms with Gasteiger partial charge >= 0.3 is 0 Å². The number of rotatable bonds is 4. The van der Waals surface area contributed by atoms with E-state index in [1.807, 2.05) is 41.6 Å². The van der Waals surface area contributed by atoms with Gasteiger partial charge in [-0.2, -0.15) is 5.26 Å². The SMILES string of the molecule is N#CC1=C(N)N(c2ccc(Cl)cc2)C2=C(C(=O)CCC2)[C@H]1c1cc(Cn2cnc3ccccc32)cs1. The van der Waals surface area contributed by atoms with Crippen molar-refractivity contribution >= 4 is 45.4 Å². The van der Waals surface area contributed by atoms with E-state index in [0.29, 0.717) is 35.0 Å². The van der Waals surface area contributed by atoms with Crippen LogP contribution >= 0.6 is 22.9 Å². The molecule has 36 heavy (non-hydrogen) atoms. The van der Waals surface area contributed by atoms with Gasteiger partial charge in [0.15, 0.2) is 5.78 Å². The molecule has 1 atom stereocenters. The lowest BCUT2D eigenvalue weighted by Crippen LogP contribution is -2.38. The van der Waals surface area contributed by atoms with Gasteiger partial charge in [-0.3, -0.25) is 9.69 Å². The van der Waals surface area contributed by atoms with Gasteiger partial charge in [-0.25, -0.2) is 4.98 Å². The number of carbonyl (C=O) groups excluding carboxylic acids is 1. The number of aromatic nitrogens is 2. The smallest absolute Gasteiger partial charge is 0.161 e. The van der Waals surface area contributed by atoms with E-state index in [9.17, 15) is 10.1 Å². The first-order valence-corrected chi connectivity index (χ1v) is 13.0. The molecule has 3 heterocycles. The van der Waals surface area contributed by atoms with Gasteiger partial charge in [0.2, 0.25) is 0 Å². The first-order valence-electron chi connectivity index (χ1n) is 11.7. The fraction of sp³-hybridized carbons (Fsp3) is 0.179. The zero-order chi connectivity index (χ0) is 24.8. The molecule has 2 N–H and O–H groups in total. The predicted octanol–water partition coefficient (Wildman–Crippen LogP) is 6.10. The molecule has 0 amide bonds. The average molecular weight is 512 g/mol. The monoisotopic (exact) mass is 511 g/mol. The number of halogens is 1. The van der Waals surface area contributed by atoms with Crippen LogP contribution < -0.4 is 10.6 Å². The van der Waals surface area contributed by atoms with Crippen molar-refractivity contribution in [2.24, 2.45) is 5.73 Å². The van der Waals surface area contributed by atoms with Gasteiger partial charge in [-0.05, 0) is 66.2 Å². The Kier molecular flexibility index (Phi) is 5.63. The lowest BCUT2D eigenvalue weighted by atomic mass is 9.78. The van der Waals surface area contributed by atoms with Gasteiger partial charge in [0.1, 0.15) is 5.82 Å². The number of anilines is 1.